The molecule has 0 aliphatic carbocycles. The van der Waals surface area contributed by atoms with Gasteiger partial charge in [0.2, 0.25) is 0 Å². The molecule has 1 N–H and O–H groups in total. The molecular formula is C15H13NO2. The van der Waals surface area contributed by atoms with Crippen LogP contribution in [0.15, 0.2) is 53.1 Å². The second kappa shape index (κ2) is 4.27. The van der Waals surface area contributed by atoms with Gasteiger partial charge in [-0.15, -0.1) is 0 Å². The van der Waals surface area contributed by atoms with E-state index in [0.717, 1.165) is 22.2 Å². The van der Waals surface area contributed by atoms with Crippen LogP contribution in [0.3, 0.4) is 0 Å². The minimum atomic E-state index is -0.773. The highest BCUT2D eigenvalue weighted by Crippen LogP contribution is 2.27. The summed E-state index contributed by atoms with van der Waals surface area (Å²) in [7, 11) is 0. The van der Waals surface area contributed by atoms with Gasteiger partial charge in [-0.2, -0.15) is 0 Å². The molecule has 2 aromatic heterocycles. The summed E-state index contributed by atoms with van der Waals surface area (Å²) in [5.41, 5.74) is 2.45. The SMILES string of the molecule is Cc1ccc(C(O)c2cc3ccccc3o2)cn1. The molecule has 0 saturated heterocycles. The molecular weight excluding hydrogens is 226 g/mol. The molecule has 2 heterocycles. The molecule has 3 aromatic rings. The fourth-order valence-corrected chi connectivity index (χ4v) is 1.94. The number of hydrogen-bond acceptors (Lipinski definition) is 3. The van der Waals surface area contributed by atoms with E-state index in [1.54, 1.807) is 6.20 Å². The quantitative estimate of drug-likeness (QED) is 0.746. The number of nitrogens with zero attached hydrogens (tertiary/aromatic N) is 1. The lowest BCUT2D eigenvalue weighted by Crippen LogP contribution is -1.98. The summed E-state index contributed by atoms with van der Waals surface area (Å²) >= 11 is 0. The van der Waals surface area contributed by atoms with Gasteiger partial charge in [0.25, 0.3) is 0 Å². The van der Waals surface area contributed by atoms with E-state index in [1.165, 1.54) is 0 Å². The first-order chi connectivity index (χ1) is 8.74. The van der Waals surface area contributed by atoms with Crippen molar-refractivity contribution in [2.45, 2.75) is 13.0 Å². The summed E-state index contributed by atoms with van der Waals surface area (Å²) in [5, 5.41) is 11.2. The minimum absolute atomic E-state index is 0.543. The second-order valence-corrected chi connectivity index (χ2v) is 4.32. The van der Waals surface area contributed by atoms with Crippen LogP contribution in [0.5, 0.6) is 0 Å². The van der Waals surface area contributed by atoms with Crippen molar-refractivity contribution in [3.8, 4) is 0 Å². The molecule has 0 fully saturated rings. The highest BCUT2D eigenvalue weighted by Gasteiger charge is 2.15. The lowest BCUT2D eigenvalue weighted by molar-refractivity contribution is 0.192. The van der Waals surface area contributed by atoms with E-state index in [0.29, 0.717) is 5.76 Å². The van der Waals surface area contributed by atoms with Crippen LogP contribution in [-0.4, -0.2) is 10.1 Å². The maximum Gasteiger partial charge on any atom is 0.138 e. The van der Waals surface area contributed by atoms with Crippen molar-refractivity contribution < 1.29 is 9.52 Å². The first-order valence-corrected chi connectivity index (χ1v) is 5.83. The van der Waals surface area contributed by atoms with Gasteiger partial charge < -0.3 is 9.52 Å². The number of aromatic nitrogens is 1. The topological polar surface area (TPSA) is 46.3 Å². The Morgan fingerprint density at radius 2 is 2.00 bits per heavy atom. The van der Waals surface area contributed by atoms with Crippen molar-refractivity contribution in [1.82, 2.24) is 4.98 Å². The molecule has 18 heavy (non-hydrogen) atoms. The summed E-state index contributed by atoms with van der Waals surface area (Å²) in [5.74, 6) is 0.543. The average molecular weight is 239 g/mol. The third-order valence-corrected chi connectivity index (χ3v) is 2.96. The molecule has 1 unspecified atom stereocenters. The minimum Gasteiger partial charge on any atom is -0.458 e. The standard InChI is InChI=1S/C15H13NO2/c1-10-6-7-12(9-16-10)15(17)14-8-11-4-2-3-5-13(11)18-14/h2-9,15,17H,1H3. The molecule has 0 bridgehead atoms. The summed E-state index contributed by atoms with van der Waals surface area (Å²) in [6.45, 7) is 1.91. The predicted octanol–water partition coefficient (Wildman–Crippen LogP) is 3.22. The first kappa shape index (κ1) is 11.0. The molecule has 0 saturated carbocycles. The number of para-hydroxylation sites is 1. The van der Waals surface area contributed by atoms with Crippen LogP contribution in [0.4, 0.5) is 0 Å². The molecule has 1 aromatic carbocycles. The normalized spacial score (nSPS) is 12.8. The van der Waals surface area contributed by atoms with Gasteiger partial charge in [0.15, 0.2) is 0 Å². The zero-order valence-electron chi connectivity index (χ0n) is 10.00. The molecule has 0 amide bonds. The van der Waals surface area contributed by atoms with Crippen molar-refractivity contribution >= 4 is 11.0 Å². The van der Waals surface area contributed by atoms with E-state index in [2.05, 4.69) is 4.98 Å². The number of aryl methyl sites for hydroxylation is 1. The van der Waals surface area contributed by atoms with Gasteiger partial charge in [0, 0.05) is 22.8 Å². The van der Waals surface area contributed by atoms with Crippen molar-refractivity contribution in [3.05, 3.63) is 65.7 Å². The van der Waals surface area contributed by atoms with Gasteiger partial charge in [-0.05, 0) is 25.1 Å². The molecule has 0 aliphatic heterocycles. The zero-order valence-corrected chi connectivity index (χ0v) is 10.00. The van der Waals surface area contributed by atoms with Gasteiger partial charge in [-0.1, -0.05) is 24.3 Å². The summed E-state index contributed by atoms with van der Waals surface area (Å²) in [6, 6.07) is 13.3. The lowest BCUT2D eigenvalue weighted by Gasteiger charge is -2.07. The second-order valence-electron chi connectivity index (χ2n) is 4.32. The number of pyridine rings is 1. The predicted molar refractivity (Wildman–Crippen MR) is 69.2 cm³/mol. The molecule has 1 atom stereocenters. The Labute approximate surface area is 105 Å². The third-order valence-electron chi connectivity index (χ3n) is 2.96. The summed E-state index contributed by atoms with van der Waals surface area (Å²) in [4.78, 5) is 4.18. The Morgan fingerprint density at radius 3 is 2.72 bits per heavy atom. The average Bonchev–Trinajstić information content (AvgIpc) is 2.82. The number of rotatable bonds is 2. The maximum atomic E-state index is 10.3. The summed E-state index contributed by atoms with van der Waals surface area (Å²) < 4.78 is 5.64. The molecule has 0 radical (unpaired) electrons. The van der Waals surface area contributed by atoms with Crippen LogP contribution < -0.4 is 0 Å². The van der Waals surface area contributed by atoms with E-state index in [4.69, 9.17) is 4.42 Å². The first-order valence-electron chi connectivity index (χ1n) is 5.83. The fraction of sp³-hybridized carbons (Fsp3) is 0.133. The van der Waals surface area contributed by atoms with E-state index in [1.807, 2.05) is 49.4 Å². The van der Waals surface area contributed by atoms with Crippen molar-refractivity contribution in [2.24, 2.45) is 0 Å². The third kappa shape index (κ3) is 1.89. The Balaban J connectivity index is 2.00. The maximum absolute atomic E-state index is 10.3. The number of furan rings is 1. The number of fused-ring (bicyclic) bond motifs is 1. The van der Waals surface area contributed by atoms with E-state index in [9.17, 15) is 5.11 Å². The van der Waals surface area contributed by atoms with Gasteiger partial charge in [0.1, 0.15) is 17.4 Å². The van der Waals surface area contributed by atoms with Crippen LogP contribution in [0, 0.1) is 6.92 Å². The fourth-order valence-electron chi connectivity index (χ4n) is 1.94. The Morgan fingerprint density at radius 1 is 1.17 bits per heavy atom. The Hall–Kier alpha value is -2.13. The van der Waals surface area contributed by atoms with Crippen molar-refractivity contribution in [3.63, 3.8) is 0 Å². The lowest BCUT2D eigenvalue weighted by atomic mass is 10.1. The molecule has 0 spiro atoms. The largest absolute Gasteiger partial charge is 0.458 e. The van der Waals surface area contributed by atoms with Crippen LogP contribution in [0.25, 0.3) is 11.0 Å². The smallest absolute Gasteiger partial charge is 0.138 e. The van der Waals surface area contributed by atoms with Gasteiger partial charge in [-0.3, -0.25) is 4.98 Å². The van der Waals surface area contributed by atoms with Crippen LogP contribution in [0.2, 0.25) is 0 Å². The highest BCUT2D eigenvalue weighted by molar-refractivity contribution is 5.77. The molecule has 0 aliphatic rings. The molecule has 90 valence electrons. The monoisotopic (exact) mass is 239 g/mol. The zero-order chi connectivity index (χ0) is 12.5. The van der Waals surface area contributed by atoms with E-state index in [-0.39, 0.29) is 0 Å². The van der Waals surface area contributed by atoms with Crippen molar-refractivity contribution in [2.75, 3.05) is 0 Å². The van der Waals surface area contributed by atoms with Gasteiger partial charge in [0.05, 0.1) is 0 Å². The summed E-state index contributed by atoms with van der Waals surface area (Å²) in [6.07, 6.45) is 0.901. The number of aliphatic hydroxyl groups excluding tert-OH is 1. The van der Waals surface area contributed by atoms with E-state index >= 15 is 0 Å². The van der Waals surface area contributed by atoms with Gasteiger partial charge >= 0.3 is 0 Å². The van der Waals surface area contributed by atoms with Crippen LogP contribution in [0.1, 0.15) is 23.1 Å². The van der Waals surface area contributed by atoms with Crippen LogP contribution >= 0.6 is 0 Å². The molecule has 3 heteroatoms. The molecule has 3 nitrogen and oxygen atoms in total. The number of benzene rings is 1. The number of hydrogen-bond donors (Lipinski definition) is 1. The molecule has 3 rings (SSSR count). The highest BCUT2D eigenvalue weighted by atomic mass is 16.4. The van der Waals surface area contributed by atoms with Gasteiger partial charge in [-0.25, -0.2) is 0 Å². The van der Waals surface area contributed by atoms with Crippen LogP contribution in [-0.2, 0) is 0 Å². The number of aliphatic hydroxyl groups is 1. The van der Waals surface area contributed by atoms with Crippen molar-refractivity contribution in [1.29, 1.82) is 0 Å². The Kier molecular flexibility index (Phi) is 2.61. The Bertz CT molecular complexity index is 637. The van der Waals surface area contributed by atoms with E-state index < -0.39 is 6.10 Å².